The first-order chi connectivity index (χ1) is 11.0. The molecule has 0 heterocycles. The monoisotopic (exact) mass is 330 g/mol. The van der Waals surface area contributed by atoms with Crippen molar-refractivity contribution in [1.82, 2.24) is 10.2 Å². The molecular weight excluding hydrogens is 308 g/mol. The van der Waals surface area contributed by atoms with Gasteiger partial charge >= 0.3 is 0 Å². The van der Waals surface area contributed by atoms with E-state index in [1.165, 1.54) is 5.56 Å². The van der Waals surface area contributed by atoms with E-state index in [9.17, 15) is 4.79 Å². The third-order valence-corrected chi connectivity index (χ3v) is 3.98. The summed E-state index contributed by atoms with van der Waals surface area (Å²) >= 11 is 5.94. The minimum Gasteiger partial charge on any atom is -0.351 e. The van der Waals surface area contributed by atoms with Crippen molar-refractivity contribution in [2.75, 3.05) is 20.1 Å². The largest absolute Gasteiger partial charge is 0.351 e. The Balaban J connectivity index is 1.76. The predicted molar refractivity (Wildman–Crippen MR) is 95.7 cm³/mol. The number of nitrogens with one attached hydrogen (secondary N) is 1. The Kier molecular flexibility index (Phi) is 6.63. The molecule has 1 amide bonds. The highest BCUT2D eigenvalue weighted by Crippen LogP contribution is 2.15. The van der Waals surface area contributed by atoms with Crippen LogP contribution in [0, 0.1) is 0 Å². The number of rotatable bonds is 7. The summed E-state index contributed by atoms with van der Waals surface area (Å²) in [6.07, 6.45) is 0. The highest BCUT2D eigenvalue weighted by molar-refractivity contribution is 6.30. The molecule has 0 radical (unpaired) electrons. The van der Waals surface area contributed by atoms with Gasteiger partial charge in [0.25, 0.3) is 0 Å². The van der Waals surface area contributed by atoms with Crippen molar-refractivity contribution in [1.29, 1.82) is 0 Å². The maximum absolute atomic E-state index is 12.0. The van der Waals surface area contributed by atoms with Crippen LogP contribution in [-0.2, 0) is 11.3 Å². The molecule has 0 saturated carbocycles. The summed E-state index contributed by atoms with van der Waals surface area (Å²) in [5.74, 6) is 0.412. The first-order valence-corrected chi connectivity index (χ1v) is 8.17. The summed E-state index contributed by atoms with van der Waals surface area (Å²) < 4.78 is 0. The Hall–Kier alpha value is -1.84. The molecule has 0 bridgehead atoms. The van der Waals surface area contributed by atoms with Crippen molar-refractivity contribution in [3.63, 3.8) is 0 Å². The van der Waals surface area contributed by atoms with Crippen molar-refractivity contribution in [2.24, 2.45) is 0 Å². The fourth-order valence-corrected chi connectivity index (χ4v) is 2.78. The Labute approximate surface area is 143 Å². The zero-order chi connectivity index (χ0) is 16.7. The first-order valence-electron chi connectivity index (χ1n) is 7.79. The summed E-state index contributed by atoms with van der Waals surface area (Å²) in [5, 5.41) is 3.62. The van der Waals surface area contributed by atoms with Crippen LogP contribution in [0.4, 0.5) is 0 Å². The molecule has 0 aliphatic heterocycles. The van der Waals surface area contributed by atoms with E-state index in [0.29, 0.717) is 24.0 Å². The van der Waals surface area contributed by atoms with Gasteiger partial charge in [0.15, 0.2) is 0 Å². The lowest BCUT2D eigenvalue weighted by Gasteiger charge is -2.21. The molecule has 2 rings (SSSR count). The van der Waals surface area contributed by atoms with Crippen molar-refractivity contribution in [3.8, 4) is 0 Å². The SMILES string of the molecule is CC(CN(C)CC(=O)NCc1cccc(Cl)c1)c1ccccc1. The second-order valence-electron chi connectivity index (χ2n) is 5.92. The molecule has 0 spiro atoms. The van der Waals surface area contributed by atoms with Gasteiger partial charge in [-0.2, -0.15) is 0 Å². The standard InChI is InChI=1S/C19H23ClN2O/c1-15(17-8-4-3-5-9-17)13-22(2)14-19(23)21-12-16-7-6-10-18(20)11-16/h3-11,15H,12-14H2,1-2H3,(H,21,23). The second-order valence-corrected chi connectivity index (χ2v) is 6.35. The third-order valence-electron chi connectivity index (χ3n) is 3.75. The van der Waals surface area contributed by atoms with E-state index in [1.807, 2.05) is 54.4 Å². The molecule has 122 valence electrons. The van der Waals surface area contributed by atoms with Gasteiger partial charge in [0.1, 0.15) is 0 Å². The number of carbonyl (C=O) groups excluding carboxylic acids is 1. The number of nitrogens with zero attached hydrogens (tertiary/aromatic N) is 1. The van der Waals surface area contributed by atoms with E-state index in [-0.39, 0.29) is 5.91 Å². The molecule has 0 aliphatic rings. The molecule has 1 N–H and O–H groups in total. The molecule has 23 heavy (non-hydrogen) atoms. The van der Waals surface area contributed by atoms with Gasteiger partial charge in [0.2, 0.25) is 5.91 Å². The highest BCUT2D eigenvalue weighted by atomic mass is 35.5. The van der Waals surface area contributed by atoms with Gasteiger partial charge in [-0.3, -0.25) is 9.69 Å². The van der Waals surface area contributed by atoms with E-state index < -0.39 is 0 Å². The number of likely N-dealkylation sites (N-methyl/N-ethyl adjacent to an activating group) is 1. The van der Waals surface area contributed by atoms with Gasteiger partial charge < -0.3 is 5.32 Å². The van der Waals surface area contributed by atoms with E-state index in [0.717, 1.165) is 12.1 Å². The fraction of sp³-hybridized carbons (Fsp3) is 0.316. The molecule has 4 heteroatoms. The molecule has 3 nitrogen and oxygen atoms in total. The summed E-state index contributed by atoms with van der Waals surface area (Å²) in [6, 6.07) is 17.9. The zero-order valence-electron chi connectivity index (χ0n) is 13.6. The first kappa shape index (κ1) is 17.5. The number of hydrogen-bond acceptors (Lipinski definition) is 2. The lowest BCUT2D eigenvalue weighted by Crippen LogP contribution is -2.36. The van der Waals surface area contributed by atoms with Crippen molar-refractivity contribution >= 4 is 17.5 Å². The number of benzene rings is 2. The maximum atomic E-state index is 12.0. The van der Waals surface area contributed by atoms with Gasteiger partial charge in [-0.1, -0.05) is 61.0 Å². The van der Waals surface area contributed by atoms with Crippen LogP contribution < -0.4 is 5.32 Å². The lowest BCUT2D eigenvalue weighted by molar-refractivity contribution is -0.122. The van der Waals surface area contributed by atoms with E-state index in [1.54, 1.807) is 0 Å². The minimum absolute atomic E-state index is 0.0211. The molecule has 0 aromatic heterocycles. The van der Waals surface area contributed by atoms with Gasteiger partial charge in [-0.25, -0.2) is 0 Å². The van der Waals surface area contributed by atoms with Crippen LogP contribution in [0.5, 0.6) is 0 Å². The number of halogens is 1. The molecule has 2 aromatic carbocycles. The zero-order valence-corrected chi connectivity index (χ0v) is 14.4. The average Bonchev–Trinajstić information content (AvgIpc) is 2.53. The van der Waals surface area contributed by atoms with Gasteiger partial charge in [-0.05, 0) is 36.2 Å². The van der Waals surface area contributed by atoms with Crippen LogP contribution in [0.15, 0.2) is 54.6 Å². The molecule has 0 aliphatic carbocycles. The second kappa shape index (κ2) is 8.70. The minimum atomic E-state index is 0.0211. The van der Waals surface area contributed by atoms with Crippen molar-refractivity contribution in [3.05, 3.63) is 70.7 Å². The normalized spacial score (nSPS) is 12.2. The van der Waals surface area contributed by atoms with E-state index in [2.05, 4.69) is 24.4 Å². The van der Waals surface area contributed by atoms with E-state index >= 15 is 0 Å². The number of hydrogen-bond donors (Lipinski definition) is 1. The maximum Gasteiger partial charge on any atom is 0.234 e. The third kappa shape index (κ3) is 6.05. The Bertz CT molecular complexity index is 630. The van der Waals surface area contributed by atoms with Gasteiger partial charge in [0, 0.05) is 18.1 Å². The van der Waals surface area contributed by atoms with Crippen LogP contribution in [0.3, 0.4) is 0 Å². The Morgan fingerprint density at radius 1 is 1.17 bits per heavy atom. The van der Waals surface area contributed by atoms with Gasteiger partial charge in [-0.15, -0.1) is 0 Å². The Morgan fingerprint density at radius 2 is 1.91 bits per heavy atom. The Morgan fingerprint density at radius 3 is 2.61 bits per heavy atom. The quantitative estimate of drug-likeness (QED) is 0.839. The van der Waals surface area contributed by atoms with Crippen molar-refractivity contribution < 1.29 is 4.79 Å². The number of amides is 1. The average molecular weight is 331 g/mol. The van der Waals surface area contributed by atoms with Crippen LogP contribution in [0.1, 0.15) is 24.0 Å². The summed E-state index contributed by atoms with van der Waals surface area (Å²) in [7, 11) is 1.97. The fourth-order valence-electron chi connectivity index (χ4n) is 2.57. The molecule has 2 aromatic rings. The van der Waals surface area contributed by atoms with Crippen molar-refractivity contribution in [2.45, 2.75) is 19.4 Å². The summed E-state index contributed by atoms with van der Waals surface area (Å²) in [4.78, 5) is 14.1. The molecule has 1 atom stereocenters. The van der Waals surface area contributed by atoms with Crippen LogP contribution in [0.25, 0.3) is 0 Å². The molecule has 1 unspecified atom stereocenters. The lowest BCUT2D eigenvalue weighted by atomic mass is 10.0. The van der Waals surface area contributed by atoms with Crippen LogP contribution >= 0.6 is 11.6 Å². The predicted octanol–water partition coefficient (Wildman–Crippen LogP) is 3.69. The highest BCUT2D eigenvalue weighted by Gasteiger charge is 2.11. The topological polar surface area (TPSA) is 32.3 Å². The molecule has 0 saturated heterocycles. The molecular formula is C19H23ClN2O. The van der Waals surface area contributed by atoms with Crippen LogP contribution in [0.2, 0.25) is 5.02 Å². The number of carbonyl (C=O) groups is 1. The smallest absolute Gasteiger partial charge is 0.234 e. The van der Waals surface area contributed by atoms with E-state index in [4.69, 9.17) is 11.6 Å². The van der Waals surface area contributed by atoms with Crippen LogP contribution in [-0.4, -0.2) is 30.9 Å². The van der Waals surface area contributed by atoms with Gasteiger partial charge in [0.05, 0.1) is 6.54 Å². The summed E-state index contributed by atoms with van der Waals surface area (Å²) in [5.41, 5.74) is 2.30. The summed E-state index contributed by atoms with van der Waals surface area (Å²) in [6.45, 7) is 3.91. The molecule has 0 fully saturated rings.